The minimum absolute atomic E-state index is 0.0500. The van der Waals surface area contributed by atoms with Gasteiger partial charge in [-0.05, 0) is 50.0 Å². The molecular formula is C13H15N3O. The lowest BCUT2D eigenvalue weighted by atomic mass is 10.2. The van der Waals surface area contributed by atoms with Crippen LogP contribution in [0.25, 0.3) is 11.6 Å². The van der Waals surface area contributed by atoms with E-state index in [1.807, 2.05) is 19.9 Å². The van der Waals surface area contributed by atoms with Gasteiger partial charge < -0.3 is 4.98 Å². The summed E-state index contributed by atoms with van der Waals surface area (Å²) in [6.07, 6.45) is 4.12. The van der Waals surface area contributed by atoms with Crippen LogP contribution in [0.5, 0.6) is 0 Å². The fraction of sp³-hybridized carbons (Fsp3) is 0.308. The SMILES string of the molecule is Cc1cc(C)c(C=c2c(=O)[nH][nH]c2=C2CC2)[nH]1. The Morgan fingerprint density at radius 1 is 1.24 bits per heavy atom. The summed E-state index contributed by atoms with van der Waals surface area (Å²) in [6, 6.07) is 2.08. The molecule has 4 heteroatoms. The van der Waals surface area contributed by atoms with Crippen LogP contribution in [0.4, 0.5) is 0 Å². The van der Waals surface area contributed by atoms with Crippen LogP contribution in [0.3, 0.4) is 0 Å². The van der Waals surface area contributed by atoms with E-state index in [1.165, 1.54) is 5.57 Å². The average molecular weight is 229 g/mol. The number of rotatable bonds is 1. The van der Waals surface area contributed by atoms with Gasteiger partial charge in [0.25, 0.3) is 5.56 Å². The monoisotopic (exact) mass is 229 g/mol. The summed E-state index contributed by atoms with van der Waals surface area (Å²) in [5.74, 6) is 0. The standard InChI is InChI=1S/C13H15N3O/c1-7-5-8(2)14-11(7)6-10-12(9-3-4-9)15-16-13(10)17/h5-6,14-15H,3-4H2,1-2H3,(H,16,17). The van der Waals surface area contributed by atoms with Crippen molar-refractivity contribution in [2.24, 2.45) is 0 Å². The van der Waals surface area contributed by atoms with Gasteiger partial charge in [0, 0.05) is 11.4 Å². The summed E-state index contributed by atoms with van der Waals surface area (Å²) in [5.41, 5.74) is 4.56. The first kappa shape index (κ1) is 10.2. The van der Waals surface area contributed by atoms with Gasteiger partial charge >= 0.3 is 0 Å². The van der Waals surface area contributed by atoms with Crippen LogP contribution in [-0.2, 0) is 0 Å². The van der Waals surface area contributed by atoms with E-state index in [0.29, 0.717) is 0 Å². The van der Waals surface area contributed by atoms with Crippen molar-refractivity contribution in [3.8, 4) is 0 Å². The summed E-state index contributed by atoms with van der Waals surface area (Å²) >= 11 is 0. The molecule has 1 aliphatic carbocycles. The van der Waals surface area contributed by atoms with E-state index < -0.39 is 0 Å². The van der Waals surface area contributed by atoms with Crippen molar-refractivity contribution in [3.05, 3.63) is 43.9 Å². The average Bonchev–Trinajstić information content (AvgIpc) is 2.98. The highest BCUT2D eigenvalue weighted by molar-refractivity contribution is 5.59. The number of H-pyrrole nitrogens is 3. The maximum Gasteiger partial charge on any atom is 0.271 e. The summed E-state index contributed by atoms with van der Waals surface area (Å²) in [7, 11) is 0. The zero-order valence-corrected chi connectivity index (χ0v) is 9.98. The van der Waals surface area contributed by atoms with E-state index >= 15 is 0 Å². The molecule has 0 aliphatic heterocycles. The first-order chi connectivity index (χ1) is 8.15. The first-order valence-electron chi connectivity index (χ1n) is 5.82. The summed E-state index contributed by atoms with van der Waals surface area (Å²) < 4.78 is 0. The molecule has 0 saturated heterocycles. The molecule has 3 rings (SSSR count). The van der Waals surface area contributed by atoms with Crippen LogP contribution >= 0.6 is 0 Å². The zero-order chi connectivity index (χ0) is 12.0. The van der Waals surface area contributed by atoms with Crippen molar-refractivity contribution in [2.75, 3.05) is 0 Å². The molecule has 1 fully saturated rings. The van der Waals surface area contributed by atoms with Gasteiger partial charge in [-0.2, -0.15) is 0 Å². The quantitative estimate of drug-likeness (QED) is 0.652. The number of hydrogen-bond acceptors (Lipinski definition) is 1. The molecule has 3 N–H and O–H groups in total. The predicted octanol–water partition coefficient (Wildman–Crippen LogP) is 0.421. The molecule has 4 nitrogen and oxygen atoms in total. The smallest absolute Gasteiger partial charge is 0.271 e. The molecule has 1 saturated carbocycles. The fourth-order valence-corrected chi connectivity index (χ4v) is 2.14. The third kappa shape index (κ3) is 1.75. The minimum Gasteiger partial charge on any atom is -0.359 e. The van der Waals surface area contributed by atoms with Crippen LogP contribution in [0.1, 0.15) is 29.8 Å². The van der Waals surface area contributed by atoms with Crippen molar-refractivity contribution in [3.63, 3.8) is 0 Å². The number of hydrogen-bond donors (Lipinski definition) is 3. The molecule has 2 aromatic rings. The van der Waals surface area contributed by atoms with Crippen molar-refractivity contribution < 1.29 is 0 Å². The van der Waals surface area contributed by atoms with E-state index in [-0.39, 0.29) is 5.56 Å². The van der Waals surface area contributed by atoms with Gasteiger partial charge in [-0.3, -0.25) is 15.0 Å². The fourth-order valence-electron chi connectivity index (χ4n) is 2.14. The van der Waals surface area contributed by atoms with E-state index in [2.05, 4.69) is 21.2 Å². The van der Waals surface area contributed by atoms with E-state index in [4.69, 9.17) is 0 Å². The number of aromatic amines is 3. The maximum absolute atomic E-state index is 11.7. The first-order valence-corrected chi connectivity index (χ1v) is 5.82. The van der Waals surface area contributed by atoms with Gasteiger partial charge in [0.15, 0.2) is 0 Å². The highest BCUT2D eigenvalue weighted by atomic mass is 16.1. The Bertz CT molecular complexity index is 736. The van der Waals surface area contributed by atoms with Gasteiger partial charge in [0.2, 0.25) is 0 Å². The number of aromatic nitrogens is 3. The van der Waals surface area contributed by atoms with Crippen LogP contribution < -0.4 is 16.1 Å². The largest absolute Gasteiger partial charge is 0.359 e. The highest BCUT2D eigenvalue weighted by Gasteiger charge is 2.14. The minimum atomic E-state index is -0.0500. The summed E-state index contributed by atoms with van der Waals surface area (Å²) in [4.78, 5) is 15.0. The second-order valence-corrected chi connectivity index (χ2v) is 4.66. The van der Waals surface area contributed by atoms with Gasteiger partial charge in [0.05, 0.1) is 10.6 Å². The van der Waals surface area contributed by atoms with E-state index in [9.17, 15) is 4.79 Å². The number of aryl methyl sites for hydroxylation is 2. The molecule has 0 bridgehead atoms. The van der Waals surface area contributed by atoms with Crippen LogP contribution in [0, 0.1) is 13.8 Å². The van der Waals surface area contributed by atoms with Gasteiger partial charge in [-0.1, -0.05) is 0 Å². The highest BCUT2D eigenvalue weighted by Crippen LogP contribution is 2.26. The van der Waals surface area contributed by atoms with Crippen molar-refractivity contribution in [1.29, 1.82) is 0 Å². The van der Waals surface area contributed by atoms with Crippen molar-refractivity contribution in [2.45, 2.75) is 26.7 Å². The summed E-state index contributed by atoms with van der Waals surface area (Å²) in [5, 5.41) is 7.33. The topological polar surface area (TPSA) is 64.4 Å². The Morgan fingerprint density at radius 2 is 2.00 bits per heavy atom. The third-order valence-corrected chi connectivity index (χ3v) is 3.15. The Kier molecular flexibility index (Phi) is 2.11. The predicted molar refractivity (Wildman–Crippen MR) is 67.1 cm³/mol. The Hall–Kier alpha value is -1.97. The van der Waals surface area contributed by atoms with E-state index in [0.717, 1.165) is 40.4 Å². The lowest BCUT2D eigenvalue weighted by molar-refractivity contribution is 1.03. The molecule has 0 spiro atoms. The molecule has 0 unspecified atom stereocenters. The van der Waals surface area contributed by atoms with Crippen LogP contribution in [-0.4, -0.2) is 15.2 Å². The molecule has 88 valence electrons. The normalized spacial score (nSPS) is 15.6. The van der Waals surface area contributed by atoms with Gasteiger partial charge in [0.1, 0.15) is 0 Å². The van der Waals surface area contributed by atoms with Crippen molar-refractivity contribution >= 4 is 11.6 Å². The summed E-state index contributed by atoms with van der Waals surface area (Å²) in [6.45, 7) is 4.06. The molecule has 0 atom stereocenters. The Balaban J connectivity index is 2.30. The lowest BCUT2D eigenvalue weighted by Crippen LogP contribution is -2.33. The lowest BCUT2D eigenvalue weighted by Gasteiger charge is -1.88. The number of nitrogens with one attached hydrogen (secondary N) is 3. The maximum atomic E-state index is 11.7. The van der Waals surface area contributed by atoms with Gasteiger partial charge in [-0.25, -0.2) is 0 Å². The zero-order valence-electron chi connectivity index (χ0n) is 9.98. The second kappa shape index (κ2) is 3.52. The van der Waals surface area contributed by atoms with Crippen LogP contribution in [0.2, 0.25) is 0 Å². The molecule has 2 aromatic heterocycles. The molecule has 0 aromatic carbocycles. The molecule has 17 heavy (non-hydrogen) atoms. The Morgan fingerprint density at radius 3 is 2.59 bits per heavy atom. The third-order valence-electron chi connectivity index (χ3n) is 3.15. The molecule has 2 heterocycles. The van der Waals surface area contributed by atoms with E-state index in [1.54, 1.807) is 0 Å². The second-order valence-electron chi connectivity index (χ2n) is 4.66. The molecule has 0 radical (unpaired) electrons. The van der Waals surface area contributed by atoms with Gasteiger partial charge in [-0.15, -0.1) is 0 Å². The van der Waals surface area contributed by atoms with Crippen molar-refractivity contribution in [1.82, 2.24) is 15.2 Å². The molecular weight excluding hydrogens is 214 g/mol. The molecule has 1 aliphatic rings. The molecule has 0 amide bonds. The van der Waals surface area contributed by atoms with Crippen LogP contribution in [0.15, 0.2) is 10.9 Å². The Labute approximate surface area is 98.1 Å².